The van der Waals surface area contributed by atoms with Crippen molar-refractivity contribution in [1.82, 2.24) is 4.90 Å². The molecule has 20 heavy (non-hydrogen) atoms. The van der Waals surface area contributed by atoms with Gasteiger partial charge in [-0.3, -0.25) is 4.79 Å². The van der Waals surface area contributed by atoms with Gasteiger partial charge in [0.15, 0.2) is 0 Å². The fourth-order valence-electron chi connectivity index (χ4n) is 3.10. The van der Waals surface area contributed by atoms with Crippen LogP contribution in [0.1, 0.15) is 38.7 Å². The largest absolute Gasteiger partial charge is 0.393 e. The molecule has 0 spiro atoms. The van der Waals surface area contributed by atoms with Crippen LogP contribution in [-0.2, 0) is 11.2 Å². The van der Waals surface area contributed by atoms with Gasteiger partial charge in [0.1, 0.15) is 0 Å². The zero-order valence-corrected chi connectivity index (χ0v) is 12.5. The highest BCUT2D eigenvalue weighted by Gasteiger charge is 2.31. The molecule has 0 aromatic heterocycles. The summed E-state index contributed by atoms with van der Waals surface area (Å²) in [6.07, 6.45) is 3.23. The fourth-order valence-corrected chi connectivity index (χ4v) is 3.10. The fraction of sp³-hybridized carbons (Fsp3) is 0.588. The Morgan fingerprint density at radius 1 is 1.35 bits per heavy atom. The third-order valence-corrected chi connectivity index (χ3v) is 4.08. The van der Waals surface area contributed by atoms with E-state index in [2.05, 4.69) is 12.1 Å². The molecule has 1 aromatic carbocycles. The van der Waals surface area contributed by atoms with Gasteiger partial charge in [0.2, 0.25) is 5.91 Å². The van der Waals surface area contributed by atoms with E-state index in [1.165, 1.54) is 5.56 Å². The van der Waals surface area contributed by atoms with E-state index in [1.54, 1.807) is 6.92 Å². The molecule has 3 nitrogen and oxygen atoms in total. The molecule has 0 radical (unpaired) electrons. The Morgan fingerprint density at radius 3 is 2.70 bits per heavy atom. The average Bonchev–Trinajstić information content (AvgIpc) is 2.86. The van der Waals surface area contributed by atoms with E-state index < -0.39 is 0 Å². The predicted molar refractivity (Wildman–Crippen MR) is 80.3 cm³/mol. The van der Waals surface area contributed by atoms with E-state index in [0.29, 0.717) is 6.42 Å². The van der Waals surface area contributed by atoms with Gasteiger partial charge in [0, 0.05) is 18.5 Å². The van der Waals surface area contributed by atoms with E-state index in [9.17, 15) is 9.90 Å². The molecule has 0 bridgehead atoms. The second kappa shape index (κ2) is 6.89. The van der Waals surface area contributed by atoms with Gasteiger partial charge in [0.05, 0.1) is 6.10 Å². The van der Waals surface area contributed by atoms with Gasteiger partial charge >= 0.3 is 0 Å². The zero-order valence-electron chi connectivity index (χ0n) is 12.5. The maximum Gasteiger partial charge on any atom is 0.225 e. The molecule has 0 aliphatic carbocycles. The zero-order chi connectivity index (χ0) is 14.5. The summed E-state index contributed by atoms with van der Waals surface area (Å²) in [5.74, 6) is 0.240. The van der Waals surface area contributed by atoms with Crippen molar-refractivity contribution in [3.05, 3.63) is 35.9 Å². The maximum absolute atomic E-state index is 12.6. The number of carbonyl (C=O) groups is 1. The maximum atomic E-state index is 12.6. The van der Waals surface area contributed by atoms with Gasteiger partial charge in [-0.2, -0.15) is 0 Å². The highest BCUT2D eigenvalue weighted by Crippen LogP contribution is 2.24. The van der Waals surface area contributed by atoms with Crippen LogP contribution < -0.4 is 0 Å². The van der Waals surface area contributed by atoms with E-state index >= 15 is 0 Å². The Morgan fingerprint density at radius 2 is 2.05 bits per heavy atom. The summed E-state index contributed by atoms with van der Waals surface area (Å²) in [6.45, 7) is 4.65. The van der Waals surface area contributed by atoms with Gasteiger partial charge in [-0.15, -0.1) is 0 Å². The minimum absolute atomic E-state index is 0.00648. The van der Waals surface area contributed by atoms with Crippen LogP contribution in [0.25, 0.3) is 0 Å². The molecule has 1 aliphatic heterocycles. The Balaban J connectivity index is 1.95. The molecule has 3 heteroatoms. The molecule has 1 amide bonds. The Bertz CT molecular complexity index is 430. The molecule has 0 saturated carbocycles. The summed E-state index contributed by atoms with van der Waals surface area (Å²) < 4.78 is 0. The molecule has 1 saturated heterocycles. The van der Waals surface area contributed by atoms with Gasteiger partial charge in [0.25, 0.3) is 0 Å². The van der Waals surface area contributed by atoms with Crippen LogP contribution >= 0.6 is 0 Å². The lowest BCUT2D eigenvalue weighted by Crippen LogP contribution is -2.40. The molecule has 110 valence electrons. The van der Waals surface area contributed by atoms with Crippen LogP contribution in [0.4, 0.5) is 0 Å². The molecule has 1 aromatic rings. The summed E-state index contributed by atoms with van der Waals surface area (Å²) in [6, 6.07) is 10.4. The summed E-state index contributed by atoms with van der Waals surface area (Å²) >= 11 is 0. The van der Waals surface area contributed by atoms with E-state index in [0.717, 1.165) is 25.8 Å². The smallest absolute Gasteiger partial charge is 0.225 e. The highest BCUT2D eigenvalue weighted by atomic mass is 16.3. The number of amides is 1. The molecule has 3 atom stereocenters. The van der Waals surface area contributed by atoms with Gasteiger partial charge in [-0.1, -0.05) is 37.3 Å². The van der Waals surface area contributed by atoms with Crippen LogP contribution in [0.15, 0.2) is 30.3 Å². The van der Waals surface area contributed by atoms with Crippen molar-refractivity contribution in [2.75, 3.05) is 6.54 Å². The second-order valence-electron chi connectivity index (χ2n) is 6.00. The third kappa shape index (κ3) is 3.83. The molecular weight excluding hydrogens is 250 g/mol. The minimum Gasteiger partial charge on any atom is -0.393 e. The number of likely N-dealkylation sites (tertiary alicyclic amines) is 1. The first-order valence-corrected chi connectivity index (χ1v) is 7.60. The van der Waals surface area contributed by atoms with Crippen molar-refractivity contribution < 1.29 is 9.90 Å². The van der Waals surface area contributed by atoms with Crippen molar-refractivity contribution in [3.63, 3.8) is 0 Å². The predicted octanol–water partition coefficient (Wildman–Crippen LogP) is 2.63. The summed E-state index contributed by atoms with van der Waals surface area (Å²) in [5.41, 5.74) is 1.21. The van der Waals surface area contributed by atoms with E-state index in [1.807, 2.05) is 30.0 Å². The quantitative estimate of drug-likeness (QED) is 0.897. The topological polar surface area (TPSA) is 40.5 Å². The number of carbonyl (C=O) groups excluding carboxylic acids is 1. The summed E-state index contributed by atoms with van der Waals surface area (Å²) in [5, 5.41) is 9.55. The van der Waals surface area contributed by atoms with Crippen molar-refractivity contribution in [1.29, 1.82) is 0 Å². The Hall–Kier alpha value is -1.35. The summed E-state index contributed by atoms with van der Waals surface area (Å²) in [4.78, 5) is 14.6. The number of aliphatic hydroxyl groups is 1. The standard InChI is InChI=1S/C17H25NO2/c1-13(11-15-7-4-3-5-8-15)17(20)18-10-6-9-16(18)12-14(2)19/h3-5,7-8,13-14,16,19H,6,9-12H2,1-2H3. The van der Waals surface area contributed by atoms with Crippen molar-refractivity contribution in [2.24, 2.45) is 5.92 Å². The first-order chi connectivity index (χ1) is 9.58. The van der Waals surface area contributed by atoms with Gasteiger partial charge in [-0.05, 0) is 38.2 Å². The average molecular weight is 275 g/mol. The normalized spacial score (nSPS) is 21.8. The number of aliphatic hydroxyl groups excluding tert-OH is 1. The van der Waals surface area contributed by atoms with Crippen molar-refractivity contribution >= 4 is 5.91 Å². The lowest BCUT2D eigenvalue weighted by molar-refractivity contribution is -0.136. The van der Waals surface area contributed by atoms with Crippen LogP contribution in [-0.4, -0.2) is 34.6 Å². The second-order valence-corrected chi connectivity index (χ2v) is 6.00. The first kappa shape index (κ1) is 15.0. The number of benzene rings is 1. The number of hydrogen-bond acceptors (Lipinski definition) is 2. The number of hydrogen-bond donors (Lipinski definition) is 1. The van der Waals surface area contributed by atoms with E-state index in [-0.39, 0.29) is 24.0 Å². The molecular formula is C17H25NO2. The highest BCUT2D eigenvalue weighted by molar-refractivity contribution is 5.79. The molecule has 3 unspecified atom stereocenters. The van der Waals surface area contributed by atoms with Crippen LogP contribution in [0.2, 0.25) is 0 Å². The van der Waals surface area contributed by atoms with Gasteiger partial charge in [-0.25, -0.2) is 0 Å². The Kier molecular flexibility index (Phi) is 5.18. The lowest BCUT2D eigenvalue weighted by Gasteiger charge is -2.28. The lowest BCUT2D eigenvalue weighted by atomic mass is 9.99. The SMILES string of the molecule is CC(O)CC1CCCN1C(=O)C(C)Cc1ccccc1. The molecule has 1 heterocycles. The van der Waals surface area contributed by atoms with Crippen LogP contribution in [0.3, 0.4) is 0 Å². The van der Waals surface area contributed by atoms with Crippen molar-refractivity contribution in [3.8, 4) is 0 Å². The van der Waals surface area contributed by atoms with Gasteiger partial charge < -0.3 is 10.0 Å². The Labute approximate surface area is 121 Å². The number of nitrogens with zero attached hydrogens (tertiary/aromatic N) is 1. The molecule has 2 rings (SSSR count). The van der Waals surface area contributed by atoms with Crippen LogP contribution in [0.5, 0.6) is 0 Å². The molecule has 1 aliphatic rings. The first-order valence-electron chi connectivity index (χ1n) is 7.60. The number of rotatable bonds is 5. The third-order valence-electron chi connectivity index (χ3n) is 4.08. The van der Waals surface area contributed by atoms with E-state index in [4.69, 9.17) is 0 Å². The molecule has 1 N–H and O–H groups in total. The molecule has 1 fully saturated rings. The summed E-state index contributed by atoms with van der Waals surface area (Å²) in [7, 11) is 0. The van der Waals surface area contributed by atoms with Crippen molar-refractivity contribution in [2.45, 2.75) is 51.7 Å². The van der Waals surface area contributed by atoms with Crippen LogP contribution in [0, 0.1) is 5.92 Å². The monoisotopic (exact) mass is 275 g/mol. The minimum atomic E-state index is -0.335.